The fourth-order valence-electron chi connectivity index (χ4n) is 4.44. The maximum Gasteiger partial charge on any atom is 0.0631 e. The van der Waals surface area contributed by atoms with Gasteiger partial charge >= 0.3 is 0 Å². The highest BCUT2D eigenvalue weighted by Gasteiger charge is 2.46. The molecule has 2 aliphatic rings. The third-order valence-electron chi connectivity index (χ3n) is 5.49. The molecule has 2 saturated carbocycles. The third-order valence-corrected chi connectivity index (χ3v) is 5.49. The highest BCUT2D eigenvalue weighted by molar-refractivity contribution is 5.11. The first-order valence-corrected chi connectivity index (χ1v) is 8.44. The van der Waals surface area contributed by atoms with Gasteiger partial charge in [0.05, 0.1) is 6.10 Å². The minimum atomic E-state index is 0.418. The summed E-state index contributed by atoms with van der Waals surface area (Å²) in [6, 6.07) is 2.15. The molecule has 3 rings (SSSR count). The van der Waals surface area contributed by atoms with E-state index in [1.807, 2.05) is 6.20 Å². The number of nitrogens with zero attached hydrogens (tertiary/aromatic N) is 1. The molecule has 2 aliphatic carbocycles. The third kappa shape index (κ3) is 3.32. The van der Waals surface area contributed by atoms with Gasteiger partial charge in [0.15, 0.2) is 0 Å². The average molecular weight is 292 g/mol. The number of hydrogen-bond acceptors (Lipinski definition) is 3. The molecule has 1 N–H and O–H groups in total. The number of hydrogen-bond donors (Lipinski definition) is 1. The Morgan fingerprint density at radius 2 is 2.14 bits per heavy atom. The number of rotatable bonds is 6. The van der Waals surface area contributed by atoms with Crippen LogP contribution in [0.5, 0.6) is 0 Å². The summed E-state index contributed by atoms with van der Waals surface area (Å²) in [4.78, 5) is 0. The van der Waals surface area contributed by atoms with Gasteiger partial charge in [0.1, 0.15) is 0 Å². The molecule has 1 aromatic heterocycles. The Balaban J connectivity index is 1.62. The molecule has 0 saturated heterocycles. The van der Waals surface area contributed by atoms with E-state index in [2.05, 4.69) is 16.3 Å². The van der Waals surface area contributed by atoms with Crippen molar-refractivity contribution in [2.75, 3.05) is 20.3 Å². The zero-order chi connectivity index (χ0) is 14.5. The van der Waals surface area contributed by atoms with Crippen molar-refractivity contribution in [3.8, 4) is 0 Å². The second-order valence-electron chi connectivity index (χ2n) is 6.77. The Morgan fingerprint density at radius 1 is 1.29 bits per heavy atom. The monoisotopic (exact) mass is 292 g/mol. The largest absolute Gasteiger partial charge is 0.385 e. The van der Waals surface area contributed by atoms with Gasteiger partial charge in [0.25, 0.3) is 0 Å². The molecule has 2 fully saturated rings. The molecule has 1 aromatic rings. The first-order valence-electron chi connectivity index (χ1n) is 8.44. The van der Waals surface area contributed by atoms with E-state index < -0.39 is 0 Å². The minimum absolute atomic E-state index is 0.418. The Morgan fingerprint density at radius 3 is 2.86 bits per heavy atom. The Kier molecular flexibility index (Phi) is 4.96. The molecule has 4 nitrogen and oxygen atoms in total. The predicted molar refractivity (Wildman–Crippen MR) is 82.3 cm³/mol. The molecule has 0 aliphatic heterocycles. The lowest BCUT2D eigenvalue weighted by Gasteiger charge is -2.44. The summed E-state index contributed by atoms with van der Waals surface area (Å²) in [7, 11) is 1.76. The van der Waals surface area contributed by atoms with E-state index in [-0.39, 0.29) is 0 Å². The molecule has 0 amide bonds. The van der Waals surface area contributed by atoms with Crippen LogP contribution >= 0.6 is 0 Å². The van der Waals surface area contributed by atoms with Crippen LogP contribution in [0.15, 0.2) is 12.3 Å². The molecule has 118 valence electrons. The number of aromatic amines is 1. The fraction of sp³-hybridized carbons (Fsp3) is 0.824. The van der Waals surface area contributed by atoms with Crippen LogP contribution < -0.4 is 0 Å². The topological polar surface area (TPSA) is 47.1 Å². The van der Waals surface area contributed by atoms with Crippen molar-refractivity contribution in [3.63, 3.8) is 0 Å². The van der Waals surface area contributed by atoms with E-state index in [0.29, 0.717) is 17.4 Å². The molecule has 4 heteroatoms. The fourth-order valence-corrected chi connectivity index (χ4v) is 4.44. The van der Waals surface area contributed by atoms with Gasteiger partial charge in [0.2, 0.25) is 0 Å². The van der Waals surface area contributed by atoms with Crippen molar-refractivity contribution in [3.05, 3.63) is 18.0 Å². The summed E-state index contributed by atoms with van der Waals surface area (Å²) < 4.78 is 11.4. The second-order valence-corrected chi connectivity index (χ2v) is 6.77. The van der Waals surface area contributed by atoms with E-state index >= 15 is 0 Å². The van der Waals surface area contributed by atoms with Gasteiger partial charge in [-0.2, -0.15) is 5.10 Å². The molecule has 2 atom stereocenters. The van der Waals surface area contributed by atoms with Crippen molar-refractivity contribution >= 4 is 0 Å². The van der Waals surface area contributed by atoms with Gasteiger partial charge in [0, 0.05) is 38.1 Å². The van der Waals surface area contributed by atoms with E-state index in [1.165, 1.54) is 50.6 Å². The lowest BCUT2D eigenvalue weighted by Crippen LogP contribution is -2.40. The maximum atomic E-state index is 6.28. The normalized spacial score (nSPS) is 28.2. The number of nitrogens with one attached hydrogen (secondary N) is 1. The van der Waals surface area contributed by atoms with Crippen LogP contribution in [0.25, 0.3) is 0 Å². The van der Waals surface area contributed by atoms with Crippen molar-refractivity contribution in [1.29, 1.82) is 0 Å². The van der Waals surface area contributed by atoms with Crippen molar-refractivity contribution in [1.82, 2.24) is 10.2 Å². The smallest absolute Gasteiger partial charge is 0.0631 e. The minimum Gasteiger partial charge on any atom is -0.385 e. The molecular weight excluding hydrogens is 264 g/mol. The summed E-state index contributed by atoms with van der Waals surface area (Å²) in [5.74, 6) is 0.643. The van der Waals surface area contributed by atoms with Gasteiger partial charge in [-0.3, -0.25) is 5.10 Å². The summed E-state index contributed by atoms with van der Waals surface area (Å²) in [5.41, 5.74) is 1.74. The van der Waals surface area contributed by atoms with Gasteiger partial charge in [-0.1, -0.05) is 12.8 Å². The summed E-state index contributed by atoms with van der Waals surface area (Å²) >= 11 is 0. The molecule has 0 bridgehead atoms. The number of H-pyrrole nitrogens is 1. The van der Waals surface area contributed by atoms with Gasteiger partial charge in [-0.15, -0.1) is 0 Å². The van der Waals surface area contributed by atoms with Crippen molar-refractivity contribution in [2.45, 2.75) is 63.4 Å². The SMILES string of the molecule is COCCCOC1CCC(c2ccn[nH]2)CC12CCCC2. The van der Waals surface area contributed by atoms with Crippen LogP contribution in [0.4, 0.5) is 0 Å². The lowest BCUT2D eigenvalue weighted by atomic mass is 9.66. The molecular formula is C17H28N2O2. The number of aromatic nitrogens is 2. The number of methoxy groups -OCH3 is 1. The first-order chi connectivity index (χ1) is 10.3. The second kappa shape index (κ2) is 6.93. The molecule has 2 unspecified atom stereocenters. The van der Waals surface area contributed by atoms with E-state index in [9.17, 15) is 0 Å². The summed E-state index contributed by atoms with van der Waals surface area (Å²) in [5, 5.41) is 7.31. The molecule has 0 radical (unpaired) electrons. The zero-order valence-electron chi connectivity index (χ0n) is 13.1. The predicted octanol–water partition coefficient (Wildman–Crippen LogP) is 3.66. The van der Waals surface area contributed by atoms with Crippen LogP contribution in [-0.4, -0.2) is 36.6 Å². The average Bonchev–Trinajstić information content (AvgIpc) is 3.17. The van der Waals surface area contributed by atoms with Gasteiger partial charge in [-0.25, -0.2) is 0 Å². The van der Waals surface area contributed by atoms with E-state index in [4.69, 9.17) is 9.47 Å². The maximum absolute atomic E-state index is 6.28. The Labute approximate surface area is 127 Å². The standard InChI is InChI=1S/C17H28N2O2/c1-20-11-4-12-21-16-6-5-14(15-7-10-18-19-15)13-17(16)8-2-3-9-17/h7,10,14,16H,2-6,8-9,11-13H2,1H3,(H,18,19). The van der Waals surface area contributed by atoms with Gasteiger partial charge < -0.3 is 9.47 Å². The highest BCUT2D eigenvalue weighted by Crippen LogP contribution is 2.54. The molecule has 21 heavy (non-hydrogen) atoms. The van der Waals surface area contributed by atoms with E-state index in [0.717, 1.165) is 19.6 Å². The molecule has 1 spiro atoms. The first kappa shape index (κ1) is 15.0. The van der Waals surface area contributed by atoms with Crippen LogP contribution in [-0.2, 0) is 9.47 Å². The van der Waals surface area contributed by atoms with Crippen molar-refractivity contribution < 1.29 is 9.47 Å². The van der Waals surface area contributed by atoms with Crippen molar-refractivity contribution in [2.24, 2.45) is 5.41 Å². The Hall–Kier alpha value is -0.870. The van der Waals surface area contributed by atoms with Crippen LogP contribution in [0, 0.1) is 5.41 Å². The summed E-state index contributed by atoms with van der Waals surface area (Å²) in [6.07, 6.45) is 12.4. The van der Waals surface area contributed by atoms with E-state index in [1.54, 1.807) is 7.11 Å². The zero-order valence-corrected chi connectivity index (χ0v) is 13.1. The van der Waals surface area contributed by atoms with Gasteiger partial charge in [-0.05, 0) is 50.0 Å². The quantitative estimate of drug-likeness (QED) is 0.814. The lowest BCUT2D eigenvalue weighted by molar-refractivity contribution is -0.0736. The van der Waals surface area contributed by atoms with Crippen LogP contribution in [0.2, 0.25) is 0 Å². The highest BCUT2D eigenvalue weighted by atomic mass is 16.5. The molecule has 1 heterocycles. The molecule has 0 aromatic carbocycles. The Bertz CT molecular complexity index is 412. The van der Waals surface area contributed by atoms with Crippen LogP contribution in [0.1, 0.15) is 63.0 Å². The van der Waals surface area contributed by atoms with Crippen LogP contribution in [0.3, 0.4) is 0 Å². The summed E-state index contributed by atoms with van der Waals surface area (Å²) in [6.45, 7) is 1.64. The number of ether oxygens (including phenoxy) is 2.